The van der Waals surface area contributed by atoms with Gasteiger partial charge in [-0.25, -0.2) is 4.39 Å². The molecule has 0 radical (unpaired) electrons. The zero-order chi connectivity index (χ0) is 13.2. The number of amides is 1. The van der Waals surface area contributed by atoms with Crippen molar-refractivity contribution in [3.05, 3.63) is 60.0 Å². The molecule has 3 rings (SSSR count). The van der Waals surface area contributed by atoms with Crippen molar-refractivity contribution >= 4 is 22.5 Å². The van der Waals surface area contributed by atoms with Gasteiger partial charge in [0.15, 0.2) is 5.82 Å². The van der Waals surface area contributed by atoms with Crippen LogP contribution in [0.25, 0.3) is 10.9 Å². The van der Waals surface area contributed by atoms with Gasteiger partial charge in [0.05, 0.1) is 0 Å². The largest absolute Gasteiger partial charge is 0.321 e. The quantitative estimate of drug-likeness (QED) is 0.739. The Labute approximate surface area is 108 Å². The Morgan fingerprint density at radius 1 is 1.11 bits per heavy atom. The highest BCUT2D eigenvalue weighted by molar-refractivity contribution is 6.11. The summed E-state index contributed by atoms with van der Waals surface area (Å²) in [5.41, 5.74) is 1.09. The number of carbonyl (C=O) groups is 1. The molecule has 2 aromatic carbocycles. The molecule has 1 aromatic heterocycles. The maximum Gasteiger partial charge on any atom is 0.274 e. The molecule has 0 atom stereocenters. The molecule has 0 saturated carbocycles. The first-order chi connectivity index (χ1) is 9.25. The molecule has 4 nitrogen and oxygen atoms in total. The van der Waals surface area contributed by atoms with Crippen LogP contribution in [0.4, 0.5) is 10.1 Å². The highest BCUT2D eigenvalue weighted by atomic mass is 19.1. The third-order valence-corrected chi connectivity index (χ3v) is 2.79. The Morgan fingerprint density at radius 3 is 2.68 bits per heavy atom. The summed E-state index contributed by atoms with van der Waals surface area (Å²) in [6.45, 7) is 0. The van der Waals surface area contributed by atoms with Crippen LogP contribution < -0.4 is 5.32 Å². The number of aromatic nitrogens is 2. The van der Waals surface area contributed by atoms with Crippen LogP contribution in [0, 0.1) is 5.82 Å². The monoisotopic (exact) mass is 255 g/mol. The van der Waals surface area contributed by atoms with Crippen LogP contribution in [0.5, 0.6) is 0 Å². The maximum atomic E-state index is 13.5. The van der Waals surface area contributed by atoms with Crippen molar-refractivity contribution in [2.45, 2.75) is 0 Å². The summed E-state index contributed by atoms with van der Waals surface area (Å²) in [6, 6.07) is 13.6. The Bertz CT molecular complexity index is 737. The summed E-state index contributed by atoms with van der Waals surface area (Å²) in [6.07, 6.45) is 0. The van der Waals surface area contributed by atoms with Gasteiger partial charge in [-0.1, -0.05) is 30.3 Å². The summed E-state index contributed by atoms with van der Waals surface area (Å²) in [4.78, 5) is 12.1. The van der Waals surface area contributed by atoms with Crippen LogP contribution in [0.2, 0.25) is 0 Å². The number of halogens is 1. The lowest BCUT2D eigenvalue weighted by Gasteiger charge is -2.03. The zero-order valence-corrected chi connectivity index (χ0v) is 9.85. The molecule has 0 aliphatic heterocycles. The normalized spacial score (nSPS) is 10.6. The van der Waals surface area contributed by atoms with Crippen molar-refractivity contribution in [2.75, 3.05) is 5.32 Å². The van der Waals surface area contributed by atoms with Crippen molar-refractivity contribution in [3.63, 3.8) is 0 Å². The van der Waals surface area contributed by atoms with Crippen molar-refractivity contribution in [3.8, 4) is 0 Å². The van der Waals surface area contributed by atoms with Crippen LogP contribution in [0.3, 0.4) is 0 Å². The molecule has 0 unspecified atom stereocenters. The van der Waals surface area contributed by atoms with Gasteiger partial charge >= 0.3 is 0 Å². The average molecular weight is 255 g/mol. The third kappa shape index (κ3) is 2.06. The Hall–Kier alpha value is -2.69. The molecule has 0 aliphatic carbocycles. The second-order valence-electron chi connectivity index (χ2n) is 4.05. The van der Waals surface area contributed by atoms with Gasteiger partial charge < -0.3 is 5.32 Å². The predicted molar refractivity (Wildman–Crippen MR) is 70.4 cm³/mol. The first-order valence-corrected chi connectivity index (χ1v) is 5.75. The van der Waals surface area contributed by atoms with Gasteiger partial charge in [0.2, 0.25) is 0 Å². The predicted octanol–water partition coefficient (Wildman–Crippen LogP) is 2.95. The van der Waals surface area contributed by atoms with E-state index in [1.807, 2.05) is 18.2 Å². The first-order valence-electron chi connectivity index (χ1n) is 5.75. The van der Waals surface area contributed by atoms with Crippen LogP contribution in [-0.4, -0.2) is 16.1 Å². The summed E-state index contributed by atoms with van der Waals surface area (Å²) in [5, 5.41) is 9.58. The van der Waals surface area contributed by atoms with E-state index in [0.29, 0.717) is 11.1 Å². The number of aromatic amines is 1. The molecular weight excluding hydrogens is 245 g/mol. The van der Waals surface area contributed by atoms with Gasteiger partial charge in [-0.15, -0.1) is 0 Å². The van der Waals surface area contributed by atoms with Crippen molar-refractivity contribution in [1.29, 1.82) is 0 Å². The molecule has 0 fully saturated rings. The van der Waals surface area contributed by atoms with E-state index in [2.05, 4.69) is 15.5 Å². The summed E-state index contributed by atoms with van der Waals surface area (Å²) < 4.78 is 13.5. The lowest BCUT2D eigenvalue weighted by atomic mass is 10.2. The second-order valence-corrected chi connectivity index (χ2v) is 4.05. The highest BCUT2D eigenvalue weighted by Crippen LogP contribution is 2.19. The minimum Gasteiger partial charge on any atom is -0.321 e. The molecule has 19 heavy (non-hydrogen) atoms. The molecule has 2 N–H and O–H groups in total. The number of hydrogen-bond donors (Lipinski definition) is 2. The van der Waals surface area contributed by atoms with Gasteiger partial charge in [0.25, 0.3) is 5.91 Å². The second kappa shape index (κ2) is 4.53. The van der Waals surface area contributed by atoms with Gasteiger partial charge in [-0.3, -0.25) is 9.89 Å². The van der Waals surface area contributed by atoms with Crippen LogP contribution in [0.15, 0.2) is 48.5 Å². The van der Waals surface area contributed by atoms with Gasteiger partial charge in [-0.2, -0.15) is 5.10 Å². The maximum absolute atomic E-state index is 13.5. The SMILES string of the molecule is O=C(Nc1ccccc1)c1[nH]nc2c(F)cccc12. The fraction of sp³-hybridized carbons (Fsp3) is 0. The Morgan fingerprint density at radius 2 is 1.89 bits per heavy atom. The van der Waals surface area contributed by atoms with Crippen LogP contribution >= 0.6 is 0 Å². The van der Waals surface area contributed by atoms with E-state index in [4.69, 9.17) is 0 Å². The standard InChI is InChI=1S/C14H10FN3O/c15-11-8-4-7-10-12(11)17-18-13(10)14(19)16-9-5-2-1-3-6-9/h1-8H,(H,16,19)(H,17,18). The van der Waals surface area contributed by atoms with E-state index >= 15 is 0 Å². The number of rotatable bonds is 2. The molecule has 0 aliphatic rings. The molecule has 0 bridgehead atoms. The lowest BCUT2D eigenvalue weighted by molar-refractivity contribution is 0.102. The van der Waals surface area contributed by atoms with Crippen molar-refractivity contribution in [2.24, 2.45) is 0 Å². The van der Waals surface area contributed by atoms with Crippen LogP contribution in [0.1, 0.15) is 10.5 Å². The van der Waals surface area contributed by atoms with Gasteiger partial charge in [0, 0.05) is 11.1 Å². The number of anilines is 1. The topological polar surface area (TPSA) is 57.8 Å². The highest BCUT2D eigenvalue weighted by Gasteiger charge is 2.15. The molecule has 3 aromatic rings. The molecule has 0 spiro atoms. The molecule has 0 saturated heterocycles. The number of carbonyl (C=O) groups excluding carboxylic acids is 1. The van der Waals surface area contributed by atoms with E-state index in [0.717, 1.165) is 0 Å². The van der Waals surface area contributed by atoms with E-state index in [-0.39, 0.29) is 17.1 Å². The fourth-order valence-electron chi connectivity index (χ4n) is 1.89. The number of hydrogen-bond acceptors (Lipinski definition) is 2. The van der Waals surface area contributed by atoms with E-state index in [1.54, 1.807) is 24.3 Å². The van der Waals surface area contributed by atoms with E-state index in [9.17, 15) is 9.18 Å². The smallest absolute Gasteiger partial charge is 0.274 e. The number of nitrogens with zero attached hydrogens (tertiary/aromatic N) is 1. The summed E-state index contributed by atoms with van der Waals surface area (Å²) in [7, 11) is 0. The molecule has 5 heteroatoms. The molecule has 1 heterocycles. The first kappa shape index (κ1) is 11.4. The van der Waals surface area contributed by atoms with E-state index in [1.165, 1.54) is 6.07 Å². The van der Waals surface area contributed by atoms with Crippen LogP contribution in [-0.2, 0) is 0 Å². The average Bonchev–Trinajstić information content (AvgIpc) is 2.85. The number of para-hydroxylation sites is 2. The zero-order valence-electron chi connectivity index (χ0n) is 9.85. The fourth-order valence-corrected chi connectivity index (χ4v) is 1.89. The van der Waals surface area contributed by atoms with Crippen molar-refractivity contribution in [1.82, 2.24) is 10.2 Å². The number of nitrogens with one attached hydrogen (secondary N) is 2. The Balaban J connectivity index is 1.96. The minimum absolute atomic E-state index is 0.167. The van der Waals surface area contributed by atoms with E-state index < -0.39 is 5.82 Å². The molecular formula is C14H10FN3O. The Kier molecular flexibility index (Phi) is 2.72. The van der Waals surface area contributed by atoms with Crippen molar-refractivity contribution < 1.29 is 9.18 Å². The van der Waals surface area contributed by atoms with Gasteiger partial charge in [0.1, 0.15) is 11.2 Å². The molecule has 1 amide bonds. The number of fused-ring (bicyclic) bond motifs is 1. The third-order valence-electron chi connectivity index (χ3n) is 2.79. The number of benzene rings is 2. The summed E-state index contributed by atoms with van der Waals surface area (Å²) >= 11 is 0. The van der Waals surface area contributed by atoms with Gasteiger partial charge in [-0.05, 0) is 18.2 Å². The molecule has 94 valence electrons. The summed E-state index contributed by atoms with van der Waals surface area (Å²) in [5.74, 6) is -0.799. The lowest BCUT2D eigenvalue weighted by Crippen LogP contribution is -2.12. The number of H-pyrrole nitrogens is 1. The minimum atomic E-state index is -0.451.